The van der Waals surface area contributed by atoms with E-state index >= 15 is 0 Å². The van der Waals surface area contributed by atoms with Crippen LogP contribution in [0.3, 0.4) is 0 Å². The minimum Gasteiger partial charge on any atom is -0.323 e. The Labute approximate surface area is 126 Å². The number of nitrogens with zero attached hydrogens (tertiary/aromatic N) is 5. The van der Waals surface area contributed by atoms with Crippen molar-refractivity contribution in [2.24, 2.45) is 0 Å². The summed E-state index contributed by atoms with van der Waals surface area (Å²) in [5.74, 6) is 0. The molecule has 0 saturated heterocycles. The summed E-state index contributed by atoms with van der Waals surface area (Å²) in [4.78, 5) is 21.2. The van der Waals surface area contributed by atoms with E-state index in [1.807, 2.05) is 13.8 Å². The summed E-state index contributed by atoms with van der Waals surface area (Å²) in [5, 5.41) is 4.99. The average Bonchev–Trinajstić information content (AvgIpc) is 3.09. The second-order valence-corrected chi connectivity index (χ2v) is 7.06. The van der Waals surface area contributed by atoms with Crippen molar-refractivity contribution in [2.75, 3.05) is 13.1 Å². The number of rotatable bonds is 4. The Kier molecular flexibility index (Phi) is 4.37. The van der Waals surface area contributed by atoms with E-state index in [0.29, 0.717) is 18.8 Å². The van der Waals surface area contributed by atoms with Crippen LogP contribution in [0.25, 0.3) is 0 Å². The van der Waals surface area contributed by atoms with E-state index in [4.69, 9.17) is 0 Å². The largest absolute Gasteiger partial charge is 0.346 e. The number of aromatic nitrogens is 4. The van der Waals surface area contributed by atoms with Crippen LogP contribution in [0.1, 0.15) is 19.5 Å². The van der Waals surface area contributed by atoms with E-state index in [9.17, 15) is 13.2 Å². The normalized spacial score (nSPS) is 11.6. The van der Waals surface area contributed by atoms with Crippen LogP contribution in [0.4, 0.5) is 4.79 Å². The molecule has 21 heavy (non-hydrogen) atoms. The summed E-state index contributed by atoms with van der Waals surface area (Å²) in [6.07, 6.45) is 1.11. The van der Waals surface area contributed by atoms with Crippen LogP contribution < -0.4 is 0 Å². The molecule has 0 radical (unpaired) electrons. The lowest BCUT2D eigenvalue weighted by molar-refractivity contribution is 0.201. The maximum Gasteiger partial charge on any atom is 0.346 e. The summed E-state index contributed by atoms with van der Waals surface area (Å²) < 4.78 is 25.4. The number of carbonyl (C=O) groups is 1. The maximum atomic E-state index is 12.3. The highest BCUT2D eigenvalue weighted by Gasteiger charge is 2.27. The number of hydrogen-bond donors (Lipinski definition) is 0. The highest BCUT2D eigenvalue weighted by atomic mass is 32.2. The highest BCUT2D eigenvalue weighted by Crippen LogP contribution is 2.21. The van der Waals surface area contributed by atoms with Crippen LogP contribution in [-0.2, 0) is 9.84 Å². The lowest BCUT2D eigenvalue weighted by Gasteiger charge is -2.17. The number of sulfone groups is 1. The number of aryl methyl sites for hydroxylation is 1. The molecule has 1 amide bonds. The molecule has 2 aromatic rings. The molecule has 0 atom stereocenters. The zero-order valence-corrected chi connectivity index (χ0v) is 13.5. The first-order valence-electron chi connectivity index (χ1n) is 6.28. The minimum atomic E-state index is -3.88. The summed E-state index contributed by atoms with van der Waals surface area (Å²) >= 11 is 1.00. The van der Waals surface area contributed by atoms with Crippen molar-refractivity contribution < 1.29 is 13.2 Å². The van der Waals surface area contributed by atoms with Crippen LogP contribution in [0, 0.1) is 6.92 Å². The standard InChI is InChI=1S/C11H15N5O3S2/c1-4-15(5-2)11(17)16-7-12-9(14-16)21(18,19)10-13-8(3)6-20-10/h6-7H,4-5H2,1-3H3. The van der Waals surface area contributed by atoms with Gasteiger partial charge >= 0.3 is 6.03 Å². The molecule has 0 spiro atoms. The molecule has 2 rings (SSSR count). The fourth-order valence-electron chi connectivity index (χ4n) is 1.64. The van der Waals surface area contributed by atoms with Crippen molar-refractivity contribution in [3.63, 3.8) is 0 Å². The van der Waals surface area contributed by atoms with Crippen molar-refractivity contribution in [2.45, 2.75) is 30.3 Å². The van der Waals surface area contributed by atoms with Gasteiger partial charge in [0.1, 0.15) is 6.33 Å². The maximum absolute atomic E-state index is 12.3. The van der Waals surface area contributed by atoms with Crippen molar-refractivity contribution in [1.82, 2.24) is 24.6 Å². The first-order valence-corrected chi connectivity index (χ1v) is 8.64. The van der Waals surface area contributed by atoms with Gasteiger partial charge in [-0.1, -0.05) is 0 Å². The van der Waals surface area contributed by atoms with E-state index < -0.39 is 21.0 Å². The Morgan fingerprint density at radius 3 is 2.57 bits per heavy atom. The third-order valence-corrected chi connectivity index (χ3v) is 5.69. The molecule has 0 aromatic carbocycles. The summed E-state index contributed by atoms with van der Waals surface area (Å²) in [6.45, 7) is 6.36. The van der Waals surface area contributed by atoms with E-state index in [-0.39, 0.29) is 4.34 Å². The minimum absolute atomic E-state index is 0.0759. The van der Waals surface area contributed by atoms with Gasteiger partial charge in [0.2, 0.25) is 4.34 Å². The summed E-state index contributed by atoms with van der Waals surface area (Å²) in [5.41, 5.74) is 0.609. The molecule has 2 heterocycles. The lowest BCUT2D eigenvalue weighted by Crippen LogP contribution is -2.34. The fourth-order valence-corrected chi connectivity index (χ4v) is 3.83. The molecule has 0 aliphatic rings. The van der Waals surface area contributed by atoms with Crippen LogP contribution in [-0.4, -0.2) is 52.2 Å². The molecule has 0 saturated carbocycles. The fraction of sp³-hybridized carbons (Fsp3) is 0.455. The summed E-state index contributed by atoms with van der Waals surface area (Å²) in [7, 11) is -3.88. The monoisotopic (exact) mass is 329 g/mol. The smallest absolute Gasteiger partial charge is 0.323 e. The van der Waals surface area contributed by atoms with Gasteiger partial charge in [-0.15, -0.1) is 16.4 Å². The molecule has 0 N–H and O–H groups in total. The van der Waals surface area contributed by atoms with Crippen LogP contribution in [0.15, 0.2) is 21.2 Å². The predicted octanol–water partition coefficient (Wildman–Crippen LogP) is 1.19. The van der Waals surface area contributed by atoms with Gasteiger partial charge in [0.15, 0.2) is 0 Å². The molecule has 0 fully saturated rings. The molecule has 114 valence electrons. The van der Waals surface area contributed by atoms with Gasteiger partial charge in [-0.25, -0.2) is 23.2 Å². The van der Waals surface area contributed by atoms with Gasteiger partial charge in [0, 0.05) is 24.2 Å². The highest BCUT2D eigenvalue weighted by molar-refractivity contribution is 7.93. The van der Waals surface area contributed by atoms with Gasteiger partial charge in [-0.05, 0) is 20.8 Å². The number of carbonyl (C=O) groups excluding carboxylic acids is 1. The van der Waals surface area contributed by atoms with Gasteiger partial charge in [0.25, 0.3) is 15.0 Å². The van der Waals surface area contributed by atoms with Gasteiger partial charge in [-0.3, -0.25) is 0 Å². The van der Waals surface area contributed by atoms with E-state index in [1.54, 1.807) is 12.3 Å². The molecule has 8 nitrogen and oxygen atoms in total. The van der Waals surface area contributed by atoms with Crippen molar-refractivity contribution in [3.05, 3.63) is 17.4 Å². The van der Waals surface area contributed by atoms with E-state index in [1.165, 1.54) is 4.90 Å². The molecule has 0 aliphatic heterocycles. The zero-order valence-electron chi connectivity index (χ0n) is 11.8. The molecular formula is C11H15N5O3S2. The molecule has 0 bridgehead atoms. The number of amides is 1. The first kappa shape index (κ1) is 15.6. The first-order chi connectivity index (χ1) is 9.90. The Balaban J connectivity index is 2.34. The lowest BCUT2D eigenvalue weighted by atomic mass is 10.5. The van der Waals surface area contributed by atoms with E-state index in [0.717, 1.165) is 22.3 Å². The second-order valence-electron chi connectivity index (χ2n) is 4.18. The third kappa shape index (κ3) is 2.95. The summed E-state index contributed by atoms with van der Waals surface area (Å²) in [6, 6.07) is -0.413. The molecular weight excluding hydrogens is 314 g/mol. The molecule has 0 unspecified atom stereocenters. The predicted molar refractivity (Wildman–Crippen MR) is 76.0 cm³/mol. The second kappa shape index (κ2) is 5.90. The van der Waals surface area contributed by atoms with Gasteiger partial charge in [-0.2, -0.15) is 4.68 Å². The Morgan fingerprint density at radius 1 is 1.38 bits per heavy atom. The average molecular weight is 329 g/mol. The number of thiazole rings is 1. The van der Waals surface area contributed by atoms with Crippen LogP contribution in [0.5, 0.6) is 0 Å². The van der Waals surface area contributed by atoms with Crippen molar-refractivity contribution in [1.29, 1.82) is 0 Å². The SMILES string of the molecule is CCN(CC)C(=O)n1cnc(S(=O)(=O)c2nc(C)cs2)n1. The molecule has 2 aromatic heterocycles. The van der Waals surface area contributed by atoms with Crippen LogP contribution in [0.2, 0.25) is 0 Å². The topological polar surface area (TPSA) is 98.1 Å². The zero-order chi connectivity index (χ0) is 15.6. The Hall–Kier alpha value is -1.81. The van der Waals surface area contributed by atoms with Crippen molar-refractivity contribution >= 4 is 27.2 Å². The van der Waals surface area contributed by atoms with Crippen molar-refractivity contribution in [3.8, 4) is 0 Å². The third-order valence-electron chi connectivity index (χ3n) is 2.77. The van der Waals surface area contributed by atoms with Gasteiger partial charge < -0.3 is 4.90 Å². The van der Waals surface area contributed by atoms with E-state index in [2.05, 4.69) is 15.1 Å². The Morgan fingerprint density at radius 2 is 2.05 bits per heavy atom. The Bertz CT molecular complexity index is 746. The van der Waals surface area contributed by atoms with Crippen LogP contribution >= 0.6 is 11.3 Å². The van der Waals surface area contributed by atoms with Gasteiger partial charge in [0.05, 0.1) is 0 Å². The molecule has 0 aliphatic carbocycles. The molecule has 10 heteroatoms. The number of hydrogen-bond acceptors (Lipinski definition) is 7. The quantitative estimate of drug-likeness (QED) is 0.835.